The smallest absolute Gasteiger partial charge is 0.331 e. The number of hydrogen-bond donors (Lipinski definition) is 0. The fraction of sp³-hybridized carbons (Fsp3) is 0.300. The van der Waals surface area contributed by atoms with Gasteiger partial charge in [0.15, 0.2) is 10.1 Å². The molecule has 0 aliphatic heterocycles. The molecule has 0 aliphatic rings. The molecule has 0 aliphatic carbocycles. The maximum Gasteiger partial charge on any atom is 0.331 e. The van der Waals surface area contributed by atoms with Crippen LogP contribution in [0, 0.1) is 5.92 Å². The van der Waals surface area contributed by atoms with E-state index in [-0.39, 0.29) is 24.7 Å². The lowest BCUT2D eigenvalue weighted by molar-refractivity contribution is -0.146. The Morgan fingerprint density at radius 3 is 2.08 bits per heavy atom. The number of rotatable bonds is 7. The topological polar surface area (TPSA) is 43.4 Å². The Morgan fingerprint density at radius 1 is 1.00 bits per heavy atom. The third-order valence-corrected chi connectivity index (χ3v) is 4.52. The van der Waals surface area contributed by atoms with Gasteiger partial charge in [0.05, 0.1) is 6.61 Å². The summed E-state index contributed by atoms with van der Waals surface area (Å²) in [4.78, 5) is 25.7. The third-order valence-electron chi connectivity index (χ3n) is 3.56. The number of benzene rings is 2. The predicted molar refractivity (Wildman–Crippen MR) is 98.4 cm³/mol. The summed E-state index contributed by atoms with van der Waals surface area (Å²) in [6.45, 7) is 4.20. The van der Waals surface area contributed by atoms with E-state index in [1.165, 1.54) is 0 Å². The fourth-order valence-corrected chi connectivity index (χ4v) is 2.96. The number of ketones is 1. The van der Waals surface area contributed by atoms with E-state index in [1.54, 1.807) is 24.3 Å². The summed E-state index contributed by atoms with van der Waals surface area (Å²) in [7, 11) is 0. The quantitative estimate of drug-likeness (QED) is 0.304. The molecular weight excluding hydrogens is 368 g/mol. The van der Waals surface area contributed by atoms with Crippen LogP contribution in [0.1, 0.15) is 29.8 Å². The van der Waals surface area contributed by atoms with E-state index >= 15 is 0 Å². The molecule has 126 valence electrons. The fourth-order valence-electron chi connectivity index (χ4n) is 2.30. The molecule has 0 fully saturated rings. The molecule has 2 aromatic carbocycles. The zero-order chi connectivity index (χ0) is 17.6. The first-order chi connectivity index (χ1) is 11.4. The number of alkyl halides is 1. The maximum atomic E-state index is 13.0. The lowest BCUT2D eigenvalue weighted by atomic mass is 9.91. The van der Waals surface area contributed by atoms with Gasteiger partial charge in [-0.25, -0.2) is 0 Å². The molecule has 2 rings (SSSR count). The summed E-state index contributed by atoms with van der Waals surface area (Å²) in [6.07, 6.45) is 0.235. The Balaban J connectivity index is 2.33. The Morgan fingerprint density at radius 2 is 1.54 bits per heavy atom. The molecular formula is C20H21BrO3. The number of esters is 1. The average molecular weight is 389 g/mol. The lowest BCUT2D eigenvalue weighted by Crippen LogP contribution is -2.44. The van der Waals surface area contributed by atoms with Crippen molar-refractivity contribution in [3.8, 4) is 0 Å². The van der Waals surface area contributed by atoms with Crippen molar-refractivity contribution < 1.29 is 14.3 Å². The van der Waals surface area contributed by atoms with Gasteiger partial charge in [-0.3, -0.25) is 9.59 Å². The van der Waals surface area contributed by atoms with Crippen LogP contribution >= 0.6 is 15.9 Å². The molecule has 3 nitrogen and oxygen atoms in total. The number of carbonyl (C=O) groups excluding carboxylic acids is 2. The van der Waals surface area contributed by atoms with E-state index in [0.717, 1.165) is 5.56 Å². The molecule has 4 heteroatoms. The number of hydrogen-bond acceptors (Lipinski definition) is 3. The average Bonchev–Trinajstić information content (AvgIpc) is 2.60. The first-order valence-electron chi connectivity index (χ1n) is 7.93. The molecule has 0 aromatic heterocycles. The molecule has 0 saturated carbocycles. The zero-order valence-corrected chi connectivity index (χ0v) is 15.5. The molecule has 0 amide bonds. The van der Waals surface area contributed by atoms with Gasteiger partial charge in [0.2, 0.25) is 0 Å². The van der Waals surface area contributed by atoms with E-state index in [2.05, 4.69) is 15.9 Å². The third kappa shape index (κ3) is 4.54. The van der Waals surface area contributed by atoms with Gasteiger partial charge in [-0.15, -0.1) is 0 Å². The highest BCUT2D eigenvalue weighted by molar-refractivity contribution is 9.10. The predicted octanol–water partition coefficient (Wildman–Crippen LogP) is 4.44. The molecule has 0 heterocycles. The Bertz CT molecular complexity index is 683. The molecule has 0 N–H and O–H groups in total. The summed E-state index contributed by atoms with van der Waals surface area (Å²) < 4.78 is 3.95. The summed E-state index contributed by atoms with van der Waals surface area (Å²) in [5.41, 5.74) is 1.37. The molecule has 0 spiro atoms. The van der Waals surface area contributed by atoms with Gasteiger partial charge in [0.25, 0.3) is 0 Å². The minimum Gasteiger partial charge on any atom is -0.464 e. The van der Waals surface area contributed by atoms with Gasteiger partial charge in [-0.2, -0.15) is 0 Å². The second-order valence-corrected chi connectivity index (χ2v) is 7.50. The SMILES string of the molecule is CC(C)COC(=O)C(Br)(Cc1ccccc1)C(=O)c1ccccc1. The van der Waals surface area contributed by atoms with Crippen LogP contribution in [0.5, 0.6) is 0 Å². The van der Waals surface area contributed by atoms with Gasteiger partial charge in [0, 0.05) is 12.0 Å². The monoisotopic (exact) mass is 388 g/mol. The number of halogens is 1. The molecule has 2 aromatic rings. The van der Waals surface area contributed by atoms with E-state index in [9.17, 15) is 9.59 Å². The van der Waals surface area contributed by atoms with Crippen molar-refractivity contribution in [2.45, 2.75) is 24.6 Å². The van der Waals surface area contributed by atoms with Crippen molar-refractivity contribution in [3.05, 3.63) is 71.8 Å². The van der Waals surface area contributed by atoms with Crippen LogP contribution in [-0.2, 0) is 16.0 Å². The summed E-state index contributed by atoms with van der Waals surface area (Å²) >= 11 is 3.42. The van der Waals surface area contributed by atoms with Crippen LogP contribution in [-0.4, -0.2) is 22.7 Å². The molecule has 0 radical (unpaired) electrons. The second-order valence-electron chi connectivity index (χ2n) is 6.15. The van der Waals surface area contributed by atoms with Crippen LogP contribution in [0.15, 0.2) is 60.7 Å². The summed E-state index contributed by atoms with van der Waals surface area (Å²) in [6, 6.07) is 18.3. The normalized spacial score (nSPS) is 13.3. The van der Waals surface area contributed by atoms with E-state index < -0.39 is 10.3 Å². The highest BCUT2D eigenvalue weighted by atomic mass is 79.9. The summed E-state index contributed by atoms with van der Waals surface area (Å²) in [5, 5.41) is 0. The van der Waals surface area contributed by atoms with Crippen LogP contribution in [0.4, 0.5) is 0 Å². The molecule has 1 unspecified atom stereocenters. The Labute approximate surface area is 151 Å². The van der Waals surface area contributed by atoms with Crippen molar-refractivity contribution in [2.24, 2.45) is 5.92 Å². The molecule has 0 saturated heterocycles. The first-order valence-corrected chi connectivity index (χ1v) is 8.72. The van der Waals surface area contributed by atoms with Gasteiger partial charge >= 0.3 is 5.97 Å². The van der Waals surface area contributed by atoms with E-state index in [1.807, 2.05) is 50.2 Å². The maximum absolute atomic E-state index is 13.0. The van der Waals surface area contributed by atoms with Crippen molar-refractivity contribution in [1.29, 1.82) is 0 Å². The van der Waals surface area contributed by atoms with Crippen molar-refractivity contribution in [1.82, 2.24) is 0 Å². The largest absolute Gasteiger partial charge is 0.464 e. The van der Waals surface area contributed by atoms with Gasteiger partial charge in [-0.1, -0.05) is 90.4 Å². The van der Waals surface area contributed by atoms with Crippen molar-refractivity contribution >= 4 is 27.7 Å². The van der Waals surface area contributed by atoms with Gasteiger partial charge in [0.1, 0.15) is 0 Å². The van der Waals surface area contributed by atoms with Crippen LogP contribution < -0.4 is 0 Å². The highest BCUT2D eigenvalue weighted by Gasteiger charge is 2.45. The van der Waals surface area contributed by atoms with Gasteiger partial charge in [-0.05, 0) is 11.5 Å². The minimum absolute atomic E-state index is 0.203. The Kier molecular flexibility index (Phi) is 6.32. The standard InChI is InChI=1S/C20H21BrO3/c1-15(2)14-24-19(23)20(21,13-16-9-5-3-6-10-16)18(22)17-11-7-4-8-12-17/h3-12,15H,13-14H2,1-2H3. The van der Waals surface area contributed by atoms with Crippen LogP contribution in [0.2, 0.25) is 0 Å². The highest BCUT2D eigenvalue weighted by Crippen LogP contribution is 2.30. The summed E-state index contributed by atoms with van der Waals surface area (Å²) in [5.74, 6) is -0.635. The van der Waals surface area contributed by atoms with Crippen molar-refractivity contribution in [2.75, 3.05) is 6.61 Å². The van der Waals surface area contributed by atoms with Gasteiger partial charge < -0.3 is 4.74 Å². The number of ether oxygens (including phenoxy) is 1. The van der Waals surface area contributed by atoms with Crippen LogP contribution in [0.3, 0.4) is 0 Å². The van der Waals surface area contributed by atoms with E-state index in [4.69, 9.17) is 4.74 Å². The van der Waals surface area contributed by atoms with Crippen LogP contribution in [0.25, 0.3) is 0 Å². The van der Waals surface area contributed by atoms with Crippen molar-refractivity contribution in [3.63, 3.8) is 0 Å². The Hall–Kier alpha value is -1.94. The zero-order valence-electron chi connectivity index (χ0n) is 13.9. The minimum atomic E-state index is -1.43. The number of Topliss-reactive ketones (excluding diaryl/α,β-unsaturated/α-hetero) is 1. The number of carbonyl (C=O) groups is 2. The van der Waals surface area contributed by atoms with E-state index in [0.29, 0.717) is 5.56 Å². The first kappa shape index (κ1) is 18.4. The molecule has 24 heavy (non-hydrogen) atoms. The lowest BCUT2D eigenvalue weighted by Gasteiger charge is -2.25. The second kappa shape index (κ2) is 8.25. The molecule has 0 bridgehead atoms. The molecule has 1 atom stereocenters.